The fourth-order valence-corrected chi connectivity index (χ4v) is 2.79. The molecule has 4 aromatic rings. The summed E-state index contributed by atoms with van der Waals surface area (Å²) in [6.07, 6.45) is 3.12. The number of thiazole rings is 1. The third-order valence-electron chi connectivity index (χ3n) is 3.10. The van der Waals surface area contributed by atoms with Crippen LogP contribution >= 0.6 is 11.3 Å². The average Bonchev–Trinajstić information content (AvgIpc) is 3.07. The van der Waals surface area contributed by atoms with E-state index in [1.165, 1.54) is 34.3 Å². The fourth-order valence-electron chi connectivity index (χ4n) is 2.19. The number of aromatic nitrogens is 4. The topological polar surface area (TPSA) is 63.6 Å². The summed E-state index contributed by atoms with van der Waals surface area (Å²) in [6.45, 7) is 0. The van der Waals surface area contributed by atoms with Crippen LogP contribution in [0.1, 0.15) is 0 Å². The number of nitrogens with one attached hydrogen (secondary N) is 1. The predicted molar refractivity (Wildman–Crippen MR) is 74.8 cm³/mol. The van der Waals surface area contributed by atoms with Gasteiger partial charge in [-0.1, -0.05) is 0 Å². The van der Waals surface area contributed by atoms with Gasteiger partial charge in [-0.15, -0.1) is 11.3 Å². The highest BCUT2D eigenvalue weighted by molar-refractivity contribution is 7.12. The molecule has 98 valence electrons. The minimum atomic E-state index is -0.366. The molecular formula is C13H7FN4OS. The number of hydrogen-bond acceptors (Lipinski definition) is 4. The first kappa shape index (κ1) is 11.3. The molecule has 0 fully saturated rings. The number of rotatable bonds is 1. The molecule has 0 radical (unpaired) electrons. The van der Waals surface area contributed by atoms with E-state index in [2.05, 4.69) is 15.1 Å². The molecular weight excluding hydrogens is 279 g/mol. The Balaban J connectivity index is 2.16. The molecule has 20 heavy (non-hydrogen) atoms. The molecule has 0 aliphatic carbocycles. The zero-order valence-corrected chi connectivity index (χ0v) is 10.8. The fraction of sp³-hybridized carbons (Fsp3) is 0. The Labute approximate surface area is 115 Å². The lowest BCUT2D eigenvalue weighted by atomic mass is 10.2. The molecule has 0 spiro atoms. The summed E-state index contributed by atoms with van der Waals surface area (Å²) < 4.78 is 14.8. The Kier molecular flexibility index (Phi) is 2.25. The van der Waals surface area contributed by atoms with Crippen LogP contribution in [-0.4, -0.2) is 19.7 Å². The third-order valence-corrected chi connectivity index (χ3v) is 3.85. The second-order valence-electron chi connectivity index (χ2n) is 4.28. The van der Waals surface area contributed by atoms with Crippen LogP contribution in [0.2, 0.25) is 0 Å². The van der Waals surface area contributed by atoms with Crippen molar-refractivity contribution in [1.29, 1.82) is 0 Å². The summed E-state index contributed by atoms with van der Waals surface area (Å²) in [7, 11) is 0. The molecule has 0 bridgehead atoms. The Morgan fingerprint density at radius 3 is 2.95 bits per heavy atom. The van der Waals surface area contributed by atoms with Crippen molar-refractivity contribution in [2.45, 2.75) is 0 Å². The van der Waals surface area contributed by atoms with Crippen molar-refractivity contribution in [3.05, 3.63) is 52.1 Å². The smallest absolute Gasteiger partial charge is 0.282 e. The maximum absolute atomic E-state index is 13.4. The van der Waals surface area contributed by atoms with E-state index in [9.17, 15) is 9.18 Å². The van der Waals surface area contributed by atoms with Crippen molar-refractivity contribution >= 4 is 33.1 Å². The molecule has 0 aliphatic heterocycles. The quantitative estimate of drug-likeness (QED) is 0.584. The van der Waals surface area contributed by atoms with Crippen molar-refractivity contribution in [3.8, 4) is 5.13 Å². The van der Waals surface area contributed by atoms with Gasteiger partial charge in [0.1, 0.15) is 5.82 Å². The highest BCUT2D eigenvalue weighted by Crippen LogP contribution is 2.22. The number of H-pyrrole nitrogens is 1. The van der Waals surface area contributed by atoms with E-state index in [1.807, 2.05) is 0 Å². The highest BCUT2D eigenvalue weighted by Gasteiger charge is 2.13. The van der Waals surface area contributed by atoms with Crippen LogP contribution in [0, 0.1) is 5.82 Å². The van der Waals surface area contributed by atoms with E-state index in [0.29, 0.717) is 26.9 Å². The number of fused-ring (bicyclic) bond motifs is 3. The van der Waals surface area contributed by atoms with Crippen LogP contribution < -0.4 is 5.56 Å². The lowest BCUT2D eigenvalue weighted by molar-refractivity contribution is 0.629. The molecule has 0 atom stereocenters. The molecule has 3 aromatic heterocycles. The maximum atomic E-state index is 13.4. The monoisotopic (exact) mass is 286 g/mol. The number of halogens is 1. The molecule has 3 heterocycles. The molecule has 7 heteroatoms. The van der Waals surface area contributed by atoms with Crippen molar-refractivity contribution < 1.29 is 4.39 Å². The highest BCUT2D eigenvalue weighted by atomic mass is 32.1. The van der Waals surface area contributed by atoms with Crippen LogP contribution in [0.4, 0.5) is 4.39 Å². The average molecular weight is 286 g/mol. The van der Waals surface area contributed by atoms with Gasteiger partial charge in [0, 0.05) is 23.2 Å². The summed E-state index contributed by atoms with van der Waals surface area (Å²) in [5.74, 6) is -0.366. The SMILES string of the molecule is O=c1c2cnc3ccc(F)cc3c2[nH]n1-c1nccs1. The zero-order chi connectivity index (χ0) is 13.7. The van der Waals surface area contributed by atoms with Crippen LogP contribution in [0.5, 0.6) is 0 Å². The maximum Gasteiger partial charge on any atom is 0.282 e. The van der Waals surface area contributed by atoms with Crippen molar-refractivity contribution in [2.75, 3.05) is 0 Å². The molecule has 0 aliphatic rings. The summed E-state index contributed by atoms with van der Waals surface area (Å²) in [6, 6.07) is 4.30. The molecule has 0 amide bonds. The molecule has 4 rings (SSSR count). The number of benzene rings is 1. The zero-order valence-electron chi connectivity index (χ0n) is 10.0. The van der Waals surface area contributed by atoms with Crippen molar-refractivity contribution in [2.24, 2.45) is 0 Å². The van der Waals surface area contributed by atoms with Crippen molar-refractivity contribution in [1.82, 2.24) is 19.7 Å². The van der Waals surface area contributed by atoms with Gasteiger partial charge in [-0.05, 0) is 18.2 Å². The lowest BCUT2D eigenvalue weighted by Gasteiger charge is -1.98. The van der Waals surface area contributed by atoms with E-state index in [4.69, 9.17) is 0 Å². The van der Waals surface area contributed by atoms with Gasteiger partial charge in [0.25, 0.3) is 5.56 Å². The van der Waals surface area contributed by atoms with Gasteiger partial charge in [-0.2, -0.15) is 4.68 Å². The lowest BCUT2D eigenvalue weighted by Crippen LogP contribution is -2.13. The van der Waals surface area contributed by atoms with Gasteiger partial charge >= 0.3 is 0 Å². The summed E-state index contributed by atoms with van der Waals surface area (Å²) in [5.41, 5.74) is 0.953. The summed E-state index contributed by atoms with van der Waals surface area (Å²) >= 11 is 1.34. The molecule has 0 saturated carbocycles. The van der Waals surface area contributed by atoms with Crippen LogP contribution in [0.25, 0.3) is 26.9 Å². The van der Waals surface area contributed by atoms with E-state index in [0.717, 1.165) is 0 Å². The Morgan fingerprint density at radius 1 is 1.25 bits per heavy atom. The number of pyridine rings is 1. The number of aromatic amines is 1. The van der Waals surface area contributed by atoms with Gasteiger partial charge in [0.15, 0.2) is 0 Å². The summed E-state index contributed by atoms with van der Waals surface area (Å²) in [4.78, 5) is 20.6. The van der Waals surface area contributed by atoms with Gasteiger partial charge in [-0.25, -0.2) is 9.37 Å². The van der Waals surface area contributed by atoms with Crippen LogP contribution in [0.3, 0.4) is 0 Å². The minimum absolute atomic E-state index is 0.242. The first-order valence-electron chi connectivity index (χ1n) is 5.83. The molecule has 0 unspecified atom stereocenters. The first-order valence-corrected chi connectivity index (χ1v) is 6.71. The number of hydrogen-bond donors (Lipinski definition) is 1. The number of nitrogens with zero attached hydrogens (tertiary/aromatic N) is 3. The van der Waals surface area contributed by atoms with Gasteiger partial charge in [0.05, 0.1) is 16.4 Å². The Hall–Kier alpha value is -2.54. The minimum Gasteiger partial charge on any atom is -0.287 e. The summed E-state index contributed by atoms with van der Waals surface area (Å²) in [5, 5.41) is 6.29. The van der Waals surface area contributed by atoms with E-state index >= 15 is 0 Å². The second-order valence-corrected chi connectivity index (χ2v) is 5.15. The molecule has 0 saturated heterocycles. The molecule has 1 aromatic carbocycles. The van der Waals surface area contributed by atoms with Gasteiger partial charge in [-0.3, -0.25) is 14.9 Å². The van der Waals surface area contributed by atoms with Crippen LogP contribution in [0.15, 0.2) is 40.8 Å². The largest absolute Gasteiger partial charge is 0.287 e. The van der Waals surface area contributed by atoms with Crippen molar-refractivity contribution in [3.63, 3.8) is 0 Å². The molecule has 1 N–H and O–H groups in total. The van der Waals surface area contributed by atoms with Gasteiger partial charge < -0.3 is 0 Å². The second kappa shape index (κ2) is 3.97. The van der Waals surface area contributed by atoms with E-state index in [-0.39, 0.29) is 11.4 Å². The third kappa shape index (κ3) is 1.50. The van der Waals surface area contributed by atoms with E-state index in [1.54, 1.807) is 17.6 Å². The Bertz CT molecular complexity index is 987. The van der Waals surface area contributed by atoms with Gasteiger partial charge in [0.2, 0.25) is 5.13 Å². The van der Waals surface area contributed by atoms with E-state index < -0.39 is 0 Å². The molecule has 5 nitrogen and oxygen atoms in total. The standard InChI is InChI=1S/C13H7FN4OS/c14-7-1-2-10-8(5-7)11-9(6-16-10)12(19)18(17-11)13-15-3-4-20-13/h1-6,17H. The normalized spacial score (nSPS) is 11.4. The first-order chi connectivity index (χ1) is 9.74. The van der Waals surface area contributed by atoms with Crippen LogP contribution in [-0.2, 0) is 0 Å². The Morgan fingerprint density at radius 2 is 2.15 bits per heavy atom. The predicted octanol–water partition coefficient (Wildman–Crippen LogP) is 2.46.